The fourth-order valence-electron chi connectivity index (χ4n) is 4.81. The van der Waals surface area contributed by atoms with Gasteiger partial charge in [0.25, 0.3) is 5.91 Å². The van der Waals surface area contributed by atoms with Crippen molar-refractivity contribution in [3.8, 4) is 5.75 Å². The number of thiophene rings is 1. The SMILES string of the molecule is COc1ccc(N2C(=O)c3cc4ccsc4n3CC2(C)C(=O)NC2CCCC2)cc1Cl. The highest BCUT2D eigenvalue weighted by molar-refractivity contribution is 7.16. The Morgan fingerprint density at radius 3 is 2.74 bits per heavy atom. The maximum atomic E-state index is 13.8. The lowest BCUT2D eigenvalue weighted by atomic mass is 9.93. The number of nitrogens with one attached hydrogen (secondary N) is 1. The van der Waals surface area contributed by atoms with Crippen LogP contribution in [0.25, 0.3) is 10.2 Å². The van der Waals surface area contributed by atoms with Crippen LogP contribution in [-0.2, 0) is 11.3 Å². The Morgan fingerprint density at radius 1 is 1.26 bits per heavy atom. The van der Waals surface area contributed by atoms with E-state index in [0.717, 1.165) is 35.9 Å². The number of anilines is 1. The number of methoxy groups -OCH3 is 1. The average Bonchev–Trinajstić information content (AvgIpc) is 3.47. The molecular weight excluding hydrogens is 434 g/mol. The number of rotatable bonds is 4. The normalized spacial score (nSPS) is 21.5. The summed E-state index contributed by atoms with van der Waals surface area (Å²) in [6.07, 6.45) is 4.20. The second-order valence-corrected chi connectivity index (χ2v) is 9.79. The van der Waals surface area contributed by atoms with Gasteiger partial charge in [-0.3, -0.25) is 14.5 Å². The molecule has 0 radical (unpaired) electrons. The van der Waals surface area contributed by atoms with Crippen LogP contribution in [0.4, 0.5) is 5.69 Å². The van der Waals surface area contributed by atoms with Gasteiger partial charge in [0.1, 0.15) is 21.8 Å². The third kappa shape index (κ3) is 3.22. The van der Waals surface area contributed by atoms with Crippen molar-refractivity contribution in [2.75, 3.05) is 12.0 Å². The first-order valence-corrected chi connectivity index (χ1v) is 11.7. The van der Waals surface area contributed by atoms with Crippen LogP contribution in [-0.4, -0.2) is 35.1 Å². The summed E-state index contributed by atoms with van der Waals surface area (Å²) < 4.78 is 7.25. The zero-order chi connectivity index (χ0) is 21.8. The molecule has 2 amide bonds. The zero-order valence-electron chi connectivity index (χ0n) is 17.5. The van der Waals surface area contributed by atoms with E-state index in [-0.39, 0.29) is 17.9 Å². The van der Waals surface area contributed by atoms with Gasteiger partial charge in [0.2, 0.25) is 5.91 Å². The summed E-state index contributed by atoms with van der Waals surface area (Å²) in [7, 11) is 1.55. The molecule has 5 rings (SSSR count). The van der Waals surface area contributed by atoms with Crippen molar-refractivity contribution < 1.29 is 14.3 Å². The first kappa shape index (κ1) is 20.4. The summed E-state index contributed by atoms with van der Waals surface area (Å²) in [5.41, 5.74) is 0.0659. The number of ether oxygens (including phenoxy) is 1. The molecule has 31 heavy (non-hydrogen) atoms. The number of hydrogen-bond acceptors (Lipinski definition) is 4. The van der Waals surface area contributed by atoms with Gasteiger partial charge in [-0.15, -0.1) is 11.3 Å². The number of carbonyl (C=O) groups is 2. The predicted molar refractivity (Wildman–Crippen MR) is 123 cm³/mol. The Kier molecular flexibility index (Phi) is 4.98. The average molecular weight is 458 g/mol. The molecule has 0 saturated heterocycles. The van der Waals surface area contributed by atoms with Crippen LogP contribution in [0.5, 0.6) is 5.75 Å². The van der Waals surface area contributed by atoms with Crippen molar-refractivity contribution in [1.82, 2.24) is 9.88 Å². The molecule has 1 saturated carbocycles. The van der Waals surface area contributed by atoms with Crippen LogP contribution >= 0.6 is 22.9 Å². The van der Waals surface area contributed by atoms with E-state index in [4.69, 9.17) is 16.3 Å². The number of halogens is 1. The molecule has 0 spiro atoms. The number of carbonyl (C=O) groups excluding carboxylic acids is 2. The lowest BCUT2D eigenvalue weighted by Crippen LogP contribution is -2.65. The Balaban J connectivity index is 1.62. The van der Waals surface area contributed by atoms with Gasteiger partial charge >= 0.3 is 0 Å². The predicted octanol–water partition coefficient (Wildman–Crippen LogP) is 4.84. The number of aromatic nitrogens is 1. The van der Waals surface area contributed by atoms with Gasteiger partial charge in [-0.05, 0) is 55.5 Å². The first-order chi connectivity index (χ1) is 14.9. The minimum absolute atomic E-state index is 0.135. The topological polar surface area (TPSA) is 63.6 Å². The quantitative estimate of drug-likeness (QED) is 0.609. The molecule has 1 aliphatic heterocycles. The molecule has 6 nitrogen and oxygen atoms in total. The molecule has 1 aromatic carbocycles. The number of amides is 2. The lowest BCUT2D eigenvalue weighted by molar-refractivity contribution is -0.127. The number of fused-ring (bicyclic) bond motifs is 3. The molecule has 1 fully saturated rings. The van der Waals surface area contributed by atoms with Gasteiger partial charge in [0.05, 0.1) is 18.7 Å². The van der Waals surface area contributed by atoms with Gasteiger partial charge in [-0.1, -0.05) is 24.4 Å². The van der Waals surface area contributed by atoms with E-state index in [1.165, 1.54) is 0 Å². The molecule has 1 unspecified atom stereocenters. The summed E-state index contributed by atoms with van der Waals surface area (Å²) in [6, 6.07) is 9.27. The second kappa shape index (κ2) is 7.57. The van der Waals surface area contributed by atoms with E-state index in [0.29, 0.717) is 28.7 Å². The molecule has 3 aromatic rings. The Morgan fingerprint density at radius 2 is 2.03 bits per heavy atom. The van der Waals surface area contributed by atoms with Gasteiger partial charge in [-0.25, -0.2) is 0 Å². The highest BCUT2D eigenvalue weighted by atomic mass is 35.5. The summed E-state index contributed by atoms with van der Waals surface area (Å²) >= 11 is 7.97. The van der Waals surface area contributed by atoms with E-state index in [1.807, 2.05) is 29.0 Å². The Bertz CT molecular complexity index is 1180. The Labute approximate surface area is 189 Å². The molecule has 2 aliphatic rings. The second-order valence-electron chi connectivity index (χ2n) is 8.48. The molecular formula is C23H24ClN3O3S. The van der Waals surface area contributed by atoms with Crippen LogP contribution in [0.15, 0.2) is 35.7 Å². The standard InChI is InChI=1S/C23H24ClN3O3S/c1-23(22(29)25-15-5-3-4-6-15)13-26-18(11-14-9-10-31-21(14)26)20(28)27(23)16-7-8-19(30-2)17(24)12-16/h7-12,15H,3-6,13H2,1-2H3,(H,25,29). The van der Waals surface area contributed by atoms with Gasteiger partial charge in [-0.2, -0.15) is 0 Å². The van der Waals surface area contributed by atoms with Crippen molar-refractivity contribution in [3.63, 3.8) is 0 Å². The highest BCUT2D eigenvalue weighted by Gasteiger charge is 2.49. The van der Waals surface area contributed by atoms with Crippen LogP contribution in [0.2, 0.25) is 5.02 Å². The monoisotopic (exact) mass is 457 g/mol. The summed E-state index contributed by atoms with van der Waals surface area (Å²) in [6.45, 7) is 2.22. The lowest BCUT2D eigenvalue weighted by Gasteiger charge is -2.44. The molecule has 1 aliphatic carbocycles. The highest BCUT2D eigenvalue weighted by Crippen LogP contribution is 2.39. The Hall–Kier alpha value is -2.51. The van der Waals surface area contributed by atoms with Crippen LogP contribution in [0.3, 0.4) is 0 Å². The zero-order valence-corrected chi connectivity index (χ0v) is 19.1. The summed E-state index contributed by atoms with van der Waals surface area (Å²) in [5.74, 6) is 0.180. The minimum atomic E-state index is -1.10. The van der Waals surface area contributed by atoms with Crippen molar-refractivity contribution in [1.29, 1.82) is 0 Å². The molecule has 3 heterocycles. The van der Waals surface area contributed by atoms with E-state index >= 15 is 0 Å². The van der Waals surface area contributed by atoms with Crippen LogP contribution in [0, 0.1) is 0 Å². The van der Waals surface area contributed by atoms with E-state index in [9.17, 15) is 9.59 Å². The van der Waals surface area contributed by atoms with E-state index in [2.05, 4.69) is 5.32 Å². The molecule has 162 valence electrons. The summed E-state index contributed by atoms with van der Waals surface area (Å²) in [4.78, 5) is 30.0. The van der Waals surface area contributed by atoms with E-state index < -0.39 is 5.54 Å². The van der Waals surface area contributed by atoms with Crippen molar-refractivity contribution in [3.05, 3.63) is 46.4 Å². The third-order valence-electron chi connectivity index (χ3n) is 6.46. The third-order valence-corrected chi connectivity index (χ3v) is 7.70. The maximum absolute atomic E-state index is 13.8. The minimum Gasteiger partial charge on any atom is -0.495 e. The van der Waals surface area contributed by atoms with Crippen LogP contribution in [0.1, 0.15) is 43.1 Å². The molecule has 2 aromatic heterocycles. The van der Waals surface area contributed by atoms with Gasteiger partial charge in [0.15, 0.2) is 0 Å². The largest absolute Gasteiger partial charge is 0.495 e. The van der Waals surface area contributed by atoms with Gasteiger partial charge < -0.3 is 14.6 Å². The number of nitrogens with zero attached hydrogens (tertiary/aromatic N) is 2. The fourth-order valence-corrected chi connectivity index (χ4v) is 5.96. The molecule has 1 atom stereocenters. The van der Waals surface area contributed by atoms with Crippen molar-refractivity contribution in [2.45, 2.75) is 50.7 Å². The van der Waals surface area contributed by atoms with E-state index in [1.54, 1.807) is 41.5 Å². The first-order valence-electron chi connectivity index (χ1n) is 10.5. The number of hydrogen-bond donors (Lipinski definition) is 1. The fraction of sp³-hybridized carbons (Fsp3) is 0.391. The smallest absolute Gasteiger partial charge is 0.275 e. The van der Waals surface area contributed by atoms with Crippen LogP contribution < -0.4 is 15.0 Å². The molecule has 1 N–H and O–H groups in total. The van der Waals surface area contributed by atoms with Crippen molar-refractivity contribution >= 4 is 50.7 Å². The molecule has 8 heteroatoms. The molecule has 0 bridgehead atoms. The summed E-state index contributed by atoms with van der Waals surface area (Å²) in [5, 5.41) is 6.63. The van der Waals surface area contributed by atoms with Gasteiger partial charge in [0, 0.05) is 17.1 Å². The number of benzene rings is 1. The van der Waals surface area contributed by atoms with Crippen molar-refractivity contribution in [2.24, 2.45) is 0 Å². The maximum Gasteiger partial charge on any atom is 0.275 e.